The number of carbonyl (C=O) groups is 1. The number of hydrogen-bond donors (Lipinski definition) is 1. The molecule has 32 heavy (non-hydrogen) atoms. The Balaban J connectivity index is 1.76. The SMILES string of the molecule is C=CCN(CC(=O)N1CCc2sccc2[C@@H]1COc1ccc(OC)cc1)[C@@H](C)C(C)(C)O. The maximum absolute atomic E-state index is 13.5. The summed E-state index contributed by atoms with van der Waals surface area (Å²) in [7, 11) is 1.63. The first-order valence-electron chi connectivity index (χ1n) is 10.9. The molecule has 1 amide bonds. The first-order valence-corrected chi connectivity index (χ1v) is 11.8. The second-order valence-electron chi connectivity index (χ2n) is 8.69. The lowest BCUT2D eigenvalue weighted by molar-refractivity contribution is -0.137. The van der Waals surface area contributed by atoms with Crippen LogP contribution in [0.2, 0.25) is 0 Å². The van der Waals surface area contributed by atoms with Crippen molar-refractivity contribution in [3.8, 4) is 11.5 Å². The lowest BCUT2D eigenvalue weighted by Crippen LogP contribution is -2.53. The number of benzene rings is 1. The molecular weight excluding hydrogens is 424 g/mol. The van der Waals surface area contributed by atoms with E-state index in [0.717, 1.165) is 23.5 Å². The van der Waals surface area contributed by atoms with E-state index in [9.17, 15) is 9.90 Å². The Labute approximate surface area is 195 Å². The highest BCUT2D eigenvalue weighted by atomic mass is 32.1. The fourth-order valence-corrected chi connectivity index (χ4v) is 4.89. The highest BCUT2D eigenvalue weighted by Gasteiger charge is 2.35. The summed E-state index contributed by atoms with van der Waals surface area (Å²) in [5.74, 6) is 1.54. The number of nitrogens with zero attached hydrogens (tertiary/aromatic N) is 2. The summed E-state index contributed by atoms with van der Waals surface area (Å²) in [5, 5.41) is 12.6. The number of aliphatic hydroxyl groups is 1. The Morgan fingerprint density at radius 2 is 2.03 bits per heavy atom. The Hall–Kier alpha value is -2.35. The third-order valence-corrected chi connectivity index (χ3v) is 7.15. The van der Waals surface area contributed by atoms with Gasteiger partial charge >= 0.3 is 0 Å². The van der Waals surface area contributed by atoms with Crippen LogP contribution in [-0.4, -0.2) is 65.8 Å². The van der Waals surface area contributed by atoms with Gasteiger partial charge in [0.2, 0.25) is 5.91 Å². The summed E-state index contributed by atoms with van der Waals surface area (Å²) in [4.78, 5) is 18.7. The van der Waals surface area contributed by atoms with Gasteiger partial charge in [0.1, 0.15) is 18.1 Å². The van der Waals surface area contributed by atoms with E-state index in [4.69, 9.17) is 9.47 Å². The van der Waals surface area contributed by atoms with Crippen molar-refractivity contribution in [1.82, 2.24) is 9.80 Å². The van der Waals surface area contributed by atoms with E-state index in [-0.39, 0.29) is 24.5 Å². The predicted molar refractivity (Wildman–Crippen MR) is 128 cm³/mol. The summed E-state index contributed by atoms with van der Waals surface area (Å²) >= 11 is 1.73. The molecule has 0 fully saturated rings. The van der Waals surface area contributed by atoms with Crippen LogP contribution in [0.25, 0.3) is 0 Å². The standard InChI is InChI=1S/C25H34N2O4S/c1-6-13-26(18(2)25(3,4)29)16-24(28)27-14-11-23-21(12-15-32-23)22(27)17-31-20-9-7-19(30-5)8-10-20/h6-10,12,15,18,22,29H,1,11,13-14,16-17H2,2-5H3/t18-,22-/m0/s1. The molecule has 0 saturated heterocycles. The van der Waals surface area contributed by atoms with Crippen LogP contribution in [0, 0.1) is 0 Å². The van der Waals surface area contributed by atoms with Gasteiger partial charge in [0.15, 0.2) is 0 Å². The van der Waals surface area contributed by atoms with Crippen LogP contribution in [0.4, 0.5) is 0 Å². The molecule has 174 valence electrons. The average molecular weight is 459 g/mol. The van der Waals surface area contributed by atoms with Gasteiger partial charge < -0.3 is 19.5 Å². The molecule has 3 rings (SSSR count). The summed E-state index contributed by atoms with van der Waals surface area (Å²) in [6, 6.07) is 9.23. The first-order chi connectivity index (χ1) is 15.2. The van der Waals surface area contributed by atoms with Crippen molar-refractivity contribution in [3.63, 3.8) is 0 Å². The highest BCUT2D eigenvalue weighted by molar-refractivity contribution is 7.10. The van der Waals surface area contributed by atoms with Crippen molar-refractivity contribution in [1.29, 1.82) is 0 Å². The average Bonchev–Trinajstić information content (AvgIpc) is 3.25. The van der Waals surface area contributed by atoms with E-state index in [2.05, 4.69) is 18.0 Å². The monoisotopic (exact) mass is 458 g/mol. The molecule has 2 heterocycles. The molecule has 0 unspecified atom stereocenters. The number of hydrogen-bond acceptors (Lipinski definition) is 6. The van der Waals surface area contributed by atoms with Crippen molar-refractivity contribution >= 4 is 17.2 Å². The van der Waals surface area contributed by atoms with Crippen molar-refractivity contribution in [2.75, 3.05) is 33.4 Å². The van der Waals surface area contributed by atoms with Gasteiger partial charge in [0.05, 0.1) is 25.3 Å². The number of fused-ring (bicyclic) bond motifs is 1. The second kappa shape index (κ2) is 10.5. The van der Waals surface area contributed by atoms with Gasteiger partial charge in [-0.15, -0.1) is 17.9 Å². The molecular formula is C25H34N2O4S. The minimum absolute atomic E-state index is 0.0307. The zero-order valence-electron chi connectivity index (χ0n) is 19.4. The number of amides is 1. The number of rotatable bonds is 10. The molecule has 0 spiro atoms. The van der Waals surface area contributed by atoms with Crippen molar-refractivity contribution in [2.45, 2.75) is 44.9 Å². The van der Waals surface area contributed by atoms with Gasteiger partial charge in [-0.3, -0.25) is 9.69 Å². The van der Waals surface area contributed by atoms with Gasteiger partial charge in [-0.25, -0.2) is 0 Å². The van der Waals surface area contributed by atoms with Crippen molar-refractivity contribution < 1.29 is 19.4 Å². The van der Waals surface area contributed by atoms with Gasteiger partial charge in [-0.1, -0.05) is 6.08 Å². The number of ether oxygens (including phenoxy) is 2. The van der Waals surface area contributed by atoms with Gasteiger partial charge in [0.25, 0.3) is 0 Å². The Morgan fingerprint density at radius 3 is 2.66 bits per heavy atom. The van der Waals surface area contributed by atoms with Crippen LogP contribution in [0.5, 0.6) is 11.5 Å². The summed E-state index contributed by atoms with van der Waals surface area (Å²) < 4.78 is 11.3. The lowest BCUT2D eigenvalue weighted by Gasteiger charge is -2.40. The molecule has 2 aromatic rings. The minimum Gasteiger partial charge on any atom is -0.497 e. The quantitative estimate of drug-likeness (QED) is 0.547. The predicted octanol–water partition coefficient (Wildman–Crippen LogP) is 3.91. The maximum atomic E-state index is 13.5. The summed E-state index contributed by atoms with van der Waals surface area (Å²) in [6.45, 7) is 11.1. The lowest BCUT2D eigenvalue weighted by atomic mass is 9.98. The molecule has 0 radical (unpaired) electrons. The fraction of sp³-hybridized carbons (Fsp3) is 0.480. The van der Waals surface area contributed by atoms with Gasteiger partial charge in [0, 0.05) is 24.0 Å². The third kappa shape index (κ3) is 5.71. The molecule has 2 atom stereocenters. The molecule has 6 nitrogen and oxygen atoms in total. The minimum atomic E-state index is -0.928. The van der Waals surface area contributed by atoms with Crippen LogP contribution in [0.15, 0.2) is 48.4 Å². The van der Waals surface area contributed by atoms with E-state index in [1.165, 1.54) is 4.88 Å². The van der Waals surface area contributed by atoms with E-state index in [1.54, 1.807) is 38.4 Å². The maximum Gasteiger partial charge on any atom is 0.237 e. The molecule has 7 heteroatoms. The van der Waals surface area contributed by atoms with E-state index in [1.807, 2.05) is 41.0 Å². The topological polar surface area (TPSA) is 62.2 Å². The van der Waals surface area contributed by atoms with Gasteiger partial charge in [-0.2, -0.15) is 0 Å². The molecule has 0 aliphatic carbocycles. The summed E-state index contributed by atoms with van der Waals surface area (Å²) in [6.07, 6.45) is 2.62. The zero-order chi connectivity index (χ0) is 23.3. The summed E-state index contributed by atoms with van der Waals surface area (Å²) in [5.41, 5.74) is 0.233. The molecule has 0 saturated carbocycles. The van der Waals surface area contributed by atoms with Crippen molar-refractivity contribution in [2.24, 2.45) is 0 Å². The van der Waals surface area contributed by atoms with Crippen LogP contribution < -0.4 is 9.47 Å². The van der Waals surface area contributed by atoms with Crippen molar-refractivity contribution in [3.05, 3.63) is 58.8 Å². The zero-order valence-corrected chi connectivity index (χ0v) is 20.2. The fourth-order valence-electron chi connectivity index (χ4n) is 3.96. The first kappa shape index (κ1) is 24.3. The molecule has 1 N–H and O–H groups in total. The molecule has 1 aliphatic heterocycles. The van der Waals surface area contributed by atoms with Crippen LogP contribution in [0.3, 0.4) is 0 Å². The van der Waals surface area contributed by atoms with Crippen LogP contribution in [0.1, 0.15) is 37.3 Å². The Morgan fingerprint density at radius 1 is 1.34 bits per heavy atom. The Bertz CT molecular complexity index is 903. The molecule has 1 aromatic carbocycles. The van der Waals surface area contributed by atoms with E-state index in [0.29, 0.717) is 19.7 Å². The normalized spacial score (nSPS) is 17.1. The number of carbonyl (C=O) groups excluding carboxylic acids is 1. The smallest absolute Gasteiger partial charge is 0.237 e. The molecule has 1 aromatic heterocycles. The Kier molecular flexibility index (Phi) is 7.98. The second-order valence-corrected chi connectivity index (χ2v) is 9.69. The van der Waals surface area contributed by atoms with E-state index >= 15 is 0 Å². The number of methoxy groups -OCH3 is 1. The van der Waals surface area contributed by atoms with Gasteiger partial charge in [-0.05, 0) is 68.5 Å². The third-order valence-electron chi connectivity index (χ3n) is 6.15. The van der Waals surface area contributed by atoms with Crippen LogP contribution in [-0.2, 0) is 11.2 Å². The van der Waals surface area contributed by atoms with E-state index < -0.39 is 5.60 Å². The number of thiophene rings is 1. The largest absolute Gasteiger partial charge is 0.497 e. The highest BCUT2D eigenvalue weighted by Crippen LogP contribution is 2.34. The molecule has 0 bridgehead atoms. The molecule has 1 aliphatic rings. The van der Waals surface area contributed by atoms with Crippen LogP contribution >= 0.6 is 11.3 Å².